The molecule has 0 N–H and O–H groups in total. The SMILES string of the molecule is Cc1ccc(-n2nc(-c3ccc(Cl)cc3)cc2-c2ccc(Cl)cc2)cc1Cl. The molecule has 1 aromatic heterocycles. The van der Waals surface area contributed by atoms with Gasteiger partial charge in [0, 0.05) is 26.2 Å². The van der Waals surface area contributed by atoms with Crippen LogP contribution in [0.1, 0.15) is 5.56 Å². The third-order valence-corrected chi connectivity index (χ3v) is 5.30. The summed E-state index contributed by atoms with van der Waals surface area (Å²) in [5.74, 6) is 0. The van der Waals surface area contributed by atoms with Crippen molar-refractivity contribution >= 4 is 34.8 Å². The second kappa shape index (κ2) is 7.40. The maximum Gasteiger partial charge on any atom is 0.0934 e. The van der Waals surface area contributed by atoms with E-state index >= 15 is 0 Å². The topological polar surface area (TPSA) is 17.8 Å². The van der Waals surface area contributed by atoms with Crippen LogP contribution in [0, 0.1) is 6.92 Å². The minimum absolute atomic E-state index is 0.695. The summed E-state index contributed by atoms with van der Waals surface area (Å²) in [5.41, 5.74) is 5.74. The van der Waals surface area contributed by atoms with Crippen LogP contribution in [-0.4, -0.2) is 9.78 Å². The number of rotatable bonds is 3. The first kappa shape index (κ1) is 18.1. The Morgan fingerprint density at radius 2 is 1.30 bits per heavy atom. The molecule has 0 bridgehead atoms. The van der Waals surface area contributed by atoms with Gasteiger partial charge >= 0.3 is 0 Å². The number of aryl methyl sites for hydroxylation is 1. The standard InChI is InChI=1S/C22H15Cl3N2/c1-14-2-11-19(12-20(14)25)27-22(16-5-9-18(24)10-6-16)13-21(26-27)15-3-7-17(23)8-4-15/h2-13H,1H3. The molecule has 0 amide bonds. The van der Waals surface area contributed by atoms with Crippen LogP contribution in [0.15, 0.2) is 72.8 Å². The first-order valence-electron chi connectivity index (χ1n) is 8.40. The Hall–Kier alpha value is -2.26. The third kappa shape index (κ3) is 3.74. The number of hydrogen-bond donors (Lipinski definition) is 0. The molecule has 5 heteroatoms. The smallest absolute Gasteiger partial charge is 0.0934 e. The Bertz CT molecular complexity index is 1100. The van der Waals surface area contributed by atoms with Crippen molar-refractivity contribution in [2.45, 2.75) is 6.92 Å². The highest BCUT2D eigenvalue weighted by molar-refractivity contribution is 6.31. The van der Waals surface area contributed by atoms with Crippen molar-refractivity contribution in [1.82, 2.24) is 9.78 Å². The van der Waals surface area contributed by atoms with Gasteiger partial charge in [-0.05, 0) is 55.0 Å². The zero-order valence-electron chi connectivity index (χ0n) is 14.5. The maximum absolute atomic E-state index is 6.35. The van der Waals surface area contributed by atoms with E-state index in [0.29, 0.717) is 15.1 Å². The van der Waals surface area contributed by atoms with Crippen LogP contribution in [0.3, 0.4) is 0 Å². The number of aromatic nitrogens is 2. The van der Waals surface area contributed by atoms with E-state index in [2.05, 4.69) is 6.07 Å². The summed E-state index contributed by atoms with van der Waals surface area (Å²) in [7, 11) is 0. The zero-order valence-corrected chi connectivity index (χ0v) is 16.7. The molecule has 4 aromatic rings. The molecule has 2 nitrogen and oxygen atoms in total. The van der Waals surface area contributed by atoms with Crippen molar-refractivity contribution in [3.8, 4) is 28.2 Å². The molecular formula is C22H15Cl3N2. The molecule has 0 saturated heterocycles. The normalized spacial score (nSPS) is 11.0. The molecule has 4 rings (SSSR count). The molecule has 0 aliphatic rings. The van der Waals surface area contributed by atoms with Crippen LogP contribution in [0.4, 0.5) is 0 Å². The molecule has 0 radical (unpaired) electrons. The van der Waals surface area contributed by atoms with Gasteiger partial charge in [-0.25, -0.2) is 4.68 Å². The Morgan fingerprint density at radius 1 is 0.704 bits per heavy atom. The molecule has 0 saturated carbocycles. The van der Waals surface area contributed by atoms with Crippen LogP contribution < -0.4 is 0 Å². The largest absolute Gasteiger partial charge is 0.232 e. The summed E-state index contributed by atoms with van der Waals surface area (Å²) in [4.78, 5) is 0. The molecule has 0 aliphatic heterocycles. The average Bonchev–Trinajstić information content (AvgIpc) is 3.10. The number of nitrogens with zero attached hydrogens (tertiary/aromatic N) is 2. The highest BCUT2D eigenvalue weighted by Crippen LogP contribution is 2.31. The van der Waals surface area contributed by atoms with Crippen molar-refractivity contribution in [3.63, 3.8) is 0 Å². The molecular weight excluding hydrogens is 399 g/mol. The van der Waals surface area contributed by atoms with E-state index in [0.717, 1.165) is 33.8 Å². The Kier molecular flexibility index (Phi) is 4.96. The van der Waals surface area contributed by atoms with Gasteiger partial charge < -0.3 is 0 Å². The van der Waals surface area contributed by atoms with Gasteiger partial charge in [0.2, 0.25) is 0 Å². The fourth-order valence-electron chi connectivity index (χ4n) is 2.88. The van der Waals surface area contributed by atoms with Crippen LogP contribution in [-0.2, 0) is 0 Å². The second-order valence-electron chi connectivity index (χ2n) is 6.27. The van der Waals surface area contributed by atoms with Crippen molar-refractivity contribution in [3.05, 3.63) is 93.4 Å². The van der Waals surface area contributed by atoms with Crippen LogP contribution >= 0.6 is 34.8 Å². The minimum atomic E-state index is 0.695. The van der Waals surface area contributed by atoms with Gasteiger partial charge in [0.1, 0.15) is 0 Å². The highest BCUT2D eigenvalue weighted by atomic mass is 35.5. The molecule has 27 heavy (non-hydrogen) atoms. The van der Waals surface area contributed by atoms with E-state index in [9.17, 15) is 0 Å². The quantitative estimate of drug-likeness (QED) is 0.340. The summed E-state index contributed by atoms with van der Waals surface area (Å²) in [5, 5.41) is 6.93. The van der Waals surface area contributed by atoms with Crippen molar-refractivity contribution in [2.24, 2.45) is 0 Å². The number of hydrogen-bond acceptors (Lipinski definition) is 1. The van der Waals surface area contributed by atoms with E-state index in [1.54, 1.807) is 0 Å². The van der Waals surface area contributed by atoms with Crippen LogP contribution in [0.2, 0.25) is 15.1 Å². The Morgan fingerprint density at radius 3 is 1.89 bits per heavy atom. The van der Waals surface area contributed by atoms with E-state index in [4.69, 9.17) is 39.9 Å². The van der Waals surface area contributed by atoms with Gasteiger partial charge in [-0.1, -0.05) is 65.1 Å². The summed E-state index contributed by atoms with van der Waals surface area (Å²) in [6.45, 7) is 1.98. The van der Waals surface area contributed by atoms with E-state index in [-0.39, 0.29) is 0 Å². The molecule has 1 heterocycles. The first-order chi connectivity index (χ1) is 13.0. The van der Waals surface area contributed by atoms with Gasteiger partial charge in [-0.15, -0.1) is 0 Å². The summed E-state index contributed by atoms with van der Waals surface area (Å²) in [6.07, 6.45) is 0. The molecule has 0 aliphatic carbocycles. The lowest BCUT2D eigenvalue weighted by atomic mass is 10.1. The molecule has 3 aromatic carbocycles. The van der Waals surface area contributed by atoms with Crippen LogP contribution in [0.25, 0.3) is 28.2 Å². The predicted molar refractivity (Wildman–Crippen MR) is 114 cm³/mol. The Labute approximate surface area is 172 Å². The summed E-state index contributed by atoms with van der Waals surface area (Å²) in [6, 6.07) is 23.3. The zero-order chi connectivity index (χ0) is 19.0. The Balaban J connectivity index is 1.90. The van der Waals surface area contributed by atoms with Gasteiger partial charge in [0.15, 0.2) is 0 Å². The summed E-state index contributed by atoms with van der Waals surface area (Å²) < 4.78 is 1.90. The lowest BCUT2D eigenvalue weighted by molar-refractivity contribution is 0.891. The number of benzene rings is 3. The molecule has 134 valence electrons. The van der Waals surface area contributed by atoms with E-state index in [1.807, 2.05) is 78.3 Å². The van der Waals surface area contributed by atoms with E-state index in [1.165, 1.54) is 0 Å². The van der Waals surface area contributed by atoms with Crippen LogP contribution in [0.5, 0.6) is 0 Å². The third-order valence-electron chi connectivity index (χ3n) is 4.39. The lowest BCUT2D eigenvalue weighted by Gasteiger charge is -2.09. The average molecular weight is 414 g/mol. The molecule has 0 atom stereocenters. The minimum Gasteiger partial charge on any atom is -0.232 e. The number of halogens is 3. The predicted octanol–water partition coefficient (Wildman–Crippen LogP) is 7.47. The van der Waals surface area contributed by atoms with E-state index < -0.39 is 0 Å². The molecule has 0 spiro atoms. The fraction of sp³-hybridized carbons (Fsp3) is 0.0455. The van der Waals surface area contributed by atoms with Gasteiger partial charge in [0.05, 0.1) is 17.1 Å². The monoisotopic (exact) mass is 412 g/mol. The lowest BCUT2D eigenvalue weighted by Crippen LogP contribution is -1.99. The van der Waals surface area contributed by atoms with Crippen molar-refractivity contribution in [2.75, 3.05) is 0 Å². The fourth-order valence-corrected chi connectivity index (χ4v) is 3.31. The van der Waals surface area contributed by atoms with Crippen molar-refractivity contribution < 1.29 is 0 Å². The molecule has 0 fully saturated rings. The molecule has 0 unspecified atom stereocenters. The van der Waals surface area contributed by atoms with Crippen molar-refractivity contribution in [1.29, 1.82) is 0 Å². The van der Waals surface area contributed by atoms with Gasteiger partial charge in [0.25, 0.3) is 0 Å². The van der Waals surface area contributed by atoms with Gasteiger partial charge in [-0.3, -0.25) is 0 Å². The first-order valence-corrected chi connectivity index (χ1v) is 9.53. The summed E-state index contributed by atoms with van der Waals surface area (Å²) >= 11 is 18.4. The maximum atomic E-state index is 6.35. The second-order valence-corrected chi connectivity index (χ2v) is 7.55. The highest BCUT2D eigenvalue weighted by Gasteiger charge is 2.14. The van der Waals surface area contributed by atoms with Gasteiger partial charge in [-0.2, -0.15) is 5.10 Å².